The molecule has 8 heteroatoms. The van der Waals surface area contributed by atoms with Gasteiger partial charge in [-0.1, -0.05) is 12.1 Å². The van der Waals surface area contributed by atoms with Gasteiger partial charge in [0.05, 0.1) is 0 Å². The van der Waals surface area contributed by atoms with E-state index in [0.29, 0.717) is 68.7 Å². The van der Waals surface area contributed by atoms with Crippen LogP contribution in [0.3, 0.4) is 0 Å². The van der Waals surface area contributed by atoms with Crippen molar-refractivity contribution in [1.82, 2.24) is 0 Å². The Hall–Kier alpha value is -5.50. The van der Waals surface area contributed by atoms with Crippen molar-refractivity contribution in [2.75, 3.05) is 22.9 Å². The molecular formula is C30H26N4O4. The number of hydrogen-bond acceptors (Lipinski definition) is 8. The van der Waals surface area contributed by atoms with Crippen LogP contribution in [0, 0.1) is 0 Å². The van der Waals surface area contributed by atoms with Crippen LogP contribution in [0.25, 0.3) is 0 Å². The zero-order valence-electron chi connectivity index (χ0n) is 20.3. The molecule has 0 amide bonds. The van der Waals surface area contributed by atoms with Gasteiger partial charge in [-0.2, -0.15) is 0 Å². The van der Waals surface area contributed by atoms with Crippen LogP contribution in [-0.4, -0.2) is 0 Å². The summed E-state index contributed by atoms with van der Waals surface area (Å²) < 4.78 is 24.8. The first kappa shape index (κ1) is 24.2. The Balaban J connectivity index is 1.60. The van der Waals surface area contributed by atoms with Crippen molar-refractivity contribution < 1.29 is 18.9 Å². The first-order chi connectivity index (χ1) is 18.4. The predicted molar refractivity (Wildman–Crippen MR) is 150 cm³/mol. The van der Waals surface area contributed by atoms with Crippen molar-refractivity contribution in [3.05, 3.63) is 109 Å². The zero-order chi connectivity index (χ0) is 26.5. The first-order valence-corrected chi connectivity index (χ1v) is 11.7. The number of benzene rings is 5. The number of anilines is 4. The van der Waals surface area contributed by atoms with E-state index >= 15 is 0 Å². The maximum Gasteiger partial charge on any atom is 0.173 e. The molecule has 8 nitrogen and oxygen atoms in total. The summed E-state index contributed by atoms with van der Waals surface area (Å²) in [5.41, 5.74) is 26.0. The standard InChI is InChI=1S/C30H26N4O4/c31-19-7-11-23(12-8-19)35-27-17-28(36-24-13-9-20(32)10-14-24)30(38-26-6-2-4-22(34)16-26)18-29(27)37-25-5-1-3-21(33)15-25/h1-18H,31-34H2. The average molecular weight is 507 g/mol. The molecule has 5 aromatic rings. The molecule has 190 valence electrons. The third-order valence-corrected chi connectivity index (χ3v) is 5.40. The Morgan fingerprint density at radius 2 is 0.658 bits per heavy atom. The molecule has 0 radical (unpaired) electrons. The Kier molecular flexibility index (Phi) is 6.77. The molecule has 0 heterocycles. The van der Waals surface area contributed by atoms with E-state index < -0.39 is 0 Å². The molecule has 0 fully saturated rings. The molecule has 0 aliphatic heterocycles. The zero-order valence-corrected chi connectivity index (χ0v) is 20.3. The lowest BCUT2D eigenvalue weighted by molar-refractivity contribution is 0.391. The van der Waals surface area contributed by atoms with Crippen LogP contribution in [0.2, 0.25) is 0 Å². The summed E-state index contributed by atoms with van der Waals surface area (Å²) in [7, 11) is 0. The van der Waals surface area contributed by atoms with E-state index in [-0.39, 0.29) is 0 Å². The maximum atomic E-state index is 6.20. The fraction of sp³-hybridized carbons (Fsp3) is 0. The molecule has 0 saturated carbocycles. The van der Waals surface area contributed by atoms with Crippen molar-refractivity contribution in [2.45, 2.75) is 0 Å². The highest BCUT2D eigenvalue weighted by atomic mass is 16.5. The molecule has 8 N–H and O–H groups in total. The van der Waals surface area contributed by atoms with Crippen molar-refractivity contribution in [3.8, 4) is 46.0 Å². The van der Waals surface area contributed by atoms with Gasteiger partial charge in [-0.25, -0.2) is 0 Å². The lowest BCUT2D eigenvalue weighted by atomic mass is 10.2. The van der Waals surface area contributed by atoms with Gasteiger partial charge < -0.3 is 41.9 Å². The van der Waals surface area contributed by atoms with Crippen LogP contribution in [0.4, 0.5) is 22.7 Å². The highest BCUT2D eigenvalue weighted by molar-refractivity contribution is 5.60. The van der Waals surface area contributed by atoms with Gasteiger partial charge >= 0.3 is 0 Å². The quantitative estimate of drug-likeness (QED) is 0.162. The lowest BCUT2D eigenvalue weighted by Gasteiger charge is -2.18. The van der Waals surface area contributed by atoms with Crippen molar-refractivity contribution in [1.29, 1.82) is 0 Å². The normalized spacial score (nSPS) is 10.5. The summed E-state index contributed by atoms with van der Waals surface area (Å²) in [6.07, 6.45) is 0. The van der Waals surface area contributed by atoms with Gasteiger partial charge in [0.2, 0.25) is 0 Å². The third kappa shape index (κ3) is 6.00. The van der Waals surface area contributed by atoms with Gasteiger partial charge in [0.1, 0.15) is 23.0 Å². The second kappa shape index (κ2) is 10.6. The summed E-state index contributed by atoms with van der Waals surface area (Å²) in [6, 6.07) is 31.6. The third-order valence-electron chi connectivity index (χ3n) is 5.40. The number of ether oxygens (including phenoxy) is 4. The van der Waals surface area contributed by atoms with Crippen LogP contribution in [-0.2, 0) is 0 Å². The monoisotopic (exact) mass is 506 g/mol. The van der Waals surface area contributed by atoms with Gasteiger partial charge in [-0.05, 0) is 72.8 Å². The molecule has 5 aromatic carbocycles. The fourth-order valence-electron chi connectivity index (χ4n) is 3.58. The van der Waals surface area contributed by atoms with Gasteiger partial charge in [0.25, 0.3) is 0 Å². The Morgan fingerprint density at radius 3 is 1.00 bits per heavy atom. The van der Waals surface area contributed by atoms with Gasteiger partial charge in [-0.3, -0.25) is 0 Å². The Morgan fingerprint density at radius 1 is 0.316 bits per heavy atom. The number of hydrogen-bond donors (Lipinski definition) is 4. The summed E-state index contributed by atoms with van der Waals surface area (Å²) >= 11 is 0. The van der Waals surface area contributed by atoms with E-state index in [1.807, 2.05) is 0 Å². The minimum absolute atomic E-state index is 0.371. The number of nitrogens with two attached hydrogens (primary N) is 4. The Bertz CT molecular complexity index is 1440. The average Bonchev–Trinajstić information content (AvgIpc) is 2.89. The van der Waals surface area contributed by atoms with E-state index in [9.17, 15) is 0 Å². The summed E-state index contributed by atoms with van der Waals surface area (Å²) in [4.78, 5) is 0. The van der Waals surface area contributed by atoms with E-state index in [1.54, 1.807) is 109 Å². The first-order valence-electron chi connectivity index (χ1n) is 11.7. The molecule has 0 saturated heterocycles. The fourth-order valence-corrected chi connectivity index (χ4v) is 3.58. The lowest BCUT2D eigenvalue weighted by Crippen LogP contribution is -1.97. The second-order valence-corrected chi connectivity index (χ2v) is 8.44. The van der Waals surface area contributed by atoms with E-state index in [1.165, 1.54) is 0 Å². The molecule has 0 bridgehead atoms. The molecule has 0 aliphatic rings. The van der Waals surface area contributed by atoms with Crippen molar-refractivity contribution in [3.63, 3.8) is 0 Å². The molecule has 38 heavy (non-hydrogen) atoms. The van der Waals surface area contributed by atoms with E-state index in [0.717, 1.165) is 0 Å². The molecule has 0 aliphatic carbocycles. The SMILES string of the molecule is Nc1ccc(Oc2cc(Oc3ccc(N)cc3)c(Oc3cccc(N)c3)cc2Oc2cccc(N)c2)cc1. The second-order valence-electron chi connectivity index (χ2n) is 8.44. The summed E-state index contributed by atoms with van der Waals surface area (Å²) in [5, 5.41) is 0. The number of nitrogen functional groups attached to an aromatic ring is 4. The molecule has 0 atom stereocenters. The Labute approximate surface area is 219 Å². The molecule has 5 rings (SSSR count). The van der Waals surface area contributed by atoms with Crippen molar-refractivity contribution in [2.24, 2.45) is 0 Å². The minimum Gasteiger partial charge on any atom is -0.453 e. The van der Waals surface area contributed by atoms with Crippen LogP contribution in [0.15, 0.2) is 109 Å². The summed E-state index contributed by atoms with van der Waals surface area (Å²) in [6.45, 7) is 0. The smallest absolute Gasteiger partial charge is 0.173 e. The largest absolute Gasteiger partial charge is 0.453 e. The van der Waals surface area contributed by atoms with E-state index in [4.69, 9.17) is 41.9 Å². The highest BCUT2D eigenvalue weighted by Crippen LogP contribution is 2.46. The molecule has 0 aromatic heterocycles. The van der Waals surface area contributed by atoms with Gasteiger partial charge in [0.15, 0.2) is 23.0 Å². The predicted octanol–water partition coefficient (Wildman–Crippen LogP) is 7.18. The van der Waals surface area contributed by atoms with Crippen molar-refractivity contribution >= 4 is 22.7 Å². The molecular weight excluding hydrogens is 480 g/mol. The van der Waals surface area contributed by atoms with Crippen LogP contribution in [0.5, 0.6) is 46.0 Å². The van der Waals surface area contributed by atoms with Crippen LogP contribution >= 0.6 is 0 Å². The van der Waals surface area contributed by atoms with Crippen LogP contribution in [0.1, 0.15) is 0 Å². The van der Waals surface area contributed by atoms with Crippen LogP contribution < -0.4 is 41.9 Å². The highest BCUT2D eigenvalue weighted by Gasteiger charge is 2.18. The summed E-state index contributed by atoms with van der Waals surface area (Å²) in [5.74, 6) is 3.65. The van der Waals surface area contributed by atoms with Gasteiger partial charge in [0, 0.05) is 47.0 Å². The number of rotatable bonds is 8. The molecule has 0 unspecified atom stereocenters. The van der Waals surface area contributed by atoms with Gasteiger partial charge in [-0.15, -0.1) is 0 Å². The minimum atomic E-state index is 0.371. The molecule has 0 spiro atoms. The van der Waals surface area contributed by atoms with E-state index in [2.05, 4.69) is 0 Å². The topological polar surface area (TPSA) is 141 Å². The maximum absolute atomic E-state index is 6.20.